The summed E-state index contributed by atoms with van der Waals surface area (Å²) in [5, 5.41) is 18.2. The monoisotopic (exact) mass is 285 g/mol. The van der Waals surface area contributed by atoms with Gasteiger partial charge in [-0.3, -0.25) is 4.40 Å². The van der Waals surface area contributed by atoms with Crippen LogP contribution in [0.3, 0.4) is 0 Å². The molecule has 0 atom stereocenters. The van der Waals surface area contributed by atoms with Gasteiger partial charge in [0.25, 0.3) is 6.43 Å². The van der Waals surface area contributed by atoms with Crippen molar-refractivity contribution in [1.82, 2.24) is 9.38 Å². The molecule has 2 N–H and O–H groups in total. The quantitative estimate of drug-likeness (QED) is 0.831. The summed E-state index contributed by atoms with van der Waals surface area (Å²) in [6, 6.07) is 4.87. The van der Waals surface area contributed by atoms with E-state index in [4.69, 9.17) is 5.11 Å². The number of aliphatic hydroxyl groups is 1. The number of anilines is 1. The summed E-state index contributed by atoms with van der Waals surface area (Å²) < 4.78 is 26.5. The minimum atomic E-state index is -2.66. The Balaban J connectivity index is 2.55. The topological polar surface area (TPSA) is 78.1 Å². The molecule has 108 valence electrons. The number of rotatable bonds is 6. The van der Waals surface area contributed by atoms with Crippen LogP contribution in [0, 0.1) is 0 Å². The first-order valence-electron chi connectivity index (χ1n) is 5.89. The SMILES string of the molecule is O=C(O)c1c(N(CCO)CC(F)F)nc2ccccn12. The van der Waals surface area contributed by atoms with Crippen LogP contribution in [-0.2, 0) is 0 Å². The lowest BCUT2D eigenvalue weighted by Crippen LogP contribution is -2.33. The van der Waals surface area contributed by atoms with E-state index in [1.165, 1.54) is 10.6 Å². The Hall–Kier alpha value is -2.22. The fourth-order valence-corrected chi connectivity index (χ4v) is 1.97. The van der Waals surface area contributed by atoms with Gasteiger partial charge in [-0.25, -0.2) is 18.6 Å². The van der Waals surface area contributed by atoms with Crippen molar-refractivity contribution in [3.8, 4) is 0 Å². The van der Waals surface area contributed by atoms with Crippen LogP contribution in [-0.4, -0.2) is 51.7 Å². The predicted molar refractivity (Wildman–Crippen MR) is 67.5 cm³/mol. The molecule has 8 heteroatoms. The number of pyridine rings is 1. The highest BCUT2D eigenvalue weighted by Crippen LogP contribution is 2.22. The molecule has 0 bridgehead atoms. The number of hydrogen-bond donors (Lipinski definition) is 2. The van der Waals surface area contributed by atoms with E-state index in [2.05, 4.69) is 4.98 Å². The van der Waals surface area contributed by atoms with Crippen molar-refractivity contribution in [3.05, 3.63) is 30.1 Å². The average Bonchev–Trinajstić information content (AvgIpc) is 2.76. The third kappa shape index (κ3) is 2.69. The van der Waals surface area contributed by atoms with Gasteiger partial charge >= 0.3 is 5.97 Å². The molecule has 2 rings (SSSR count). The Morgan fingerprint density at radius 1 is 1.45 bits per heavy atom. The fourth-order valence-electron chi connectivity index (χ4n) is 1.97. The van der Waals surface area contributed by atoms with Crippen molar-refractivity contribution in [3.63, 3.8) is 0 Å². The number of alkyl halides is 2. The first-order chi connectivity index (χ1) is 9.54. The second-order valence-corrected chi connectivity index (χ2v) is 4.08. The lowest BCUT2D eigenvalue weighted by atomic mass is 10.3. The van der Waals surface area contributed by atoms with Gasteiger partial charge < -0.3 is 15.1 Å². The number of aliphatic hydroxyl groups excluding tert-OH is 1. The van der Waals surface area contributed by atoms with Crippen LogP contribution in [0.15, 0.2) is 24.4 Å². The number of imidazole rings is 1. The highest BCUT2D eigenvalue weighted by molar-refractivity contribution is 5.93. The second kappa shape index (κ2) is 5.83. The van der Waals surface area contributed by atoms with Gasteiger partial charge in [0.1, 0.15) is 5.65 Å². The van der Waals surface area contributed by atoms with Crippen LogP contribution in [0.25, 0.3) is 5.65 Å². The van der Waals surface area contributed by atoms with Gasteiger partial charge in [0, 0.05) is 12.7 Å². The molecule has 0 unspecified atom stereocenters. The Bertz CT molecular complexity index is 615. The van der Waals surface area contributed by atoms with Crippen molar-refractivity contribution in [2.75, 3.05) is 24.6 Å². The molecule has 0 saturated heterocycles. The number of carboxylic acid groups (broad SMARTS) is 1. The number of halogens is 2. The number of carbonyl (C=O) groups is 1. The Kier molecular flexibility index (Phi) is 4.14. The smallest absolute Gasteiger partial charge is 0.356 e. The molecule has 0 amide bonds. The molecule has 0 spiro atoms. The molecular weight excluding hydrogens is 272 g/mol. The fraction of sp³-hybridized carbons (Fsp3) is 0.333. The largest absolute Gasteiger partial charge is 0.476 e. The van der Waals surface area contributed by atoms with E-state index < -0.39 is 18.9 Å². The zero-order chi connectivity index (χ0) is 14.7. The van der Waals surface area contributed by atoms with E-state index >= 15 is 0 Å². The van der Waals surface area contributed by atoms with E-state index in [1.807, 2.05) is 0 Å². The molecule has 2 aromatic heterocycles. The lowest BCUT2D eigenvalue weighted by Gasteiger charge is -2.21. The van der Waals surface area contributed by atoms with Crippen LogP contribution in [0.2, 0.25) is 0 Å². The van der Waals surface area contributed by atoms with Crippen molar-refractivity contribution >= 4 is 17.4 Å². The van der Waals surface area contributed by atoms with Gasteiger partial charge in [-0.2, -0.15) is 0 Å². The van der Waals surface area contributed by atoms with Crippen LogP contribution in [0.1, 0.15) is 10.5 Å². The summed E-state index contributed by atoms with van der Waals surface area (Å²) in [4.78, 5) is 16.5. The minimum absolute atomic E-state index is 0.0712. The normalized spacial score (nSPS) is 11.2. The van der Waals surface area contributed by atoms with Gasteiger partial charge in [-0.15, -0.1) is 0 Å². The third-order valence-electron chi connectivity index (χ3n) is 2.74. The zero-order valence-electron chi connectivity index (χ0n) is 10.4. The Morgan fingerprint density at radius 2 is 2.20 bits per heavy atom. The average molecular weight is 285 g/mol. The van der Waals surface area contributed by atoms with E-state index in [0.717, 1.165) is 4.90 Å². The van der Waals surface area contributed by atoms with E-state index in [-0.39, 0.29) is 24.7 Å². The molecule has 0 aliphatic carbocycles. The van der Waals surface area contributed by atoms with E-state index in [0.29, 0.717) is 5.65 Å². The lowest BCUT2D eigenvalue weighted by molar-refractivity contribution is 0.0689. The molecule has 0 aliphatic heterocycles. The summed E-state index contributed by atoms with van der Waals surface area (Å²) >= 11 is 0. The van der Waals surface area contributed by atoms with Crippen molar-refractivity contribution in [2.45, 2.75) is 6.43 Å². The van der Waals surface area contributed by atoms with Gasteiger partial charge in [-0.1, -0.05) is 6.07 Å². The number of hydrogen-bond acceptors (Lipinski definition) is 4. The molecule has 0 aromatic carbocycles. The standard InChI is InChI=1S/C12H13F2N3O3/c13-8(14)7-16(5-6-18)11-10(12(19)20)17-4-2-1-3-9(17)15-11/h1-4,8,18H,5-7H2,(H,19,20). The second-order valence-electron chi connectivity index (χ2n) is 4.08. The van der Waals surface area contributed by atoms with Crippen molar-refractivity contribution in [1.29, 1.82) is 0 Å². The molecule has 2 aromatic rings. The van der Waals surface area contributed by atoms with Crippen LogP contribution in [0.4, 0.5) is 14.6 Å². The van der Waals surface area contributed by atoms with E-state index in [9.17, 15) is 18.7 Å². The minimum Gasteiger partial charge on any atom is -0.476 e. The molecule has 20 heavy (non-hydrogen) atoms. The number of aromatic nitrogens is 2. The molecule has 0 radical (unpaired) electrons. The van der Waals surface area contributed by atoms with Crippen LogP contribution in [0.5, 0.6) is 0 Å². The van der Waals surface area contributed by atoms with E-state index in [1.54, 1.807) is 18.2 Å². The summed E-state index contributed by atoms with van der Waals surface area (Å²) in [6.45, 7) is -1.18. The molecular formula is C12H13F2N3O3. The molecule has 0 saturated carbocycles. The maximum atomic E-state index is 12.6. The number of carboxylic acids is 1. The van der Waals surface area contributed by atoms with Crippen molar-refractivity contribution < 1.29 is 23.8 Å². The van der Waals surface area contributed by atoms with Crippen molar-refractivity contribution in [2.24, 2.45) is 0 Å². The Morgan fingerprint density at radius 3 is 2.80 bits per heavy atom. The summed E-state index contributed by atoms with van der Waals surface area (Å²) in [6.07, 6.45) is -1.16. The maximum Gasteiger partial charge on any atom is 0.356 e. The summed E-state index contributed by atoms with van der Waals surface area (Å²) in [5.41, 5.74) is 0.145. The van der Waals surface area contributed by atoms with Gasteiger partial charge in [-0.05, 0) is 12.1 Å². The van der Waals surface area contributed by atoms with Gasteiger partial charge in [0.05, 0.1) is 13.2 Å². The Labute approximate surface area is 112 Å². The highest BCUT2D eigenvalue weighted by atomic mass is 19.3. The predicted octanol–water partition coefficient (Wildman–Crippen LogP) is 1.10. The van der Waals surface area contributed by atoms with Gasteiger partial charge in [0.15, 0.2) is 11.5 Å². The highest BCUT2D eigenvalue weighted by Gasteiger charge is 2.24. The van der Waals surface area contributed by atoms with Crippen LogP contribution >= 0.6 is 0 Å². The molecule has 0 fully saturated rings. The zero-order valence-corrected chi connectivity index (χ0v) is 10.4. The third-order valence-corrected chi connectivity index (χ3v) is 2.74. The van der Waals surface area contributed by atoms with Gasteiger partial charge in [0.2, 0.25) is 0 Å². The number of nitrogens with zero attached hydrogens (tertiary/aromatic N) is 3. The van der Waals surface area contributed by atoms with Crippen LogP contribution < -0.4 is 4.90 Å². The maximum absolute atomic E-state index is 12.6. The summed E-state index contributed by atoms with van der Waals surface area (Å²) in [7, 11) is 0. The molecule has 6 nitrogen and oxygen atoms in total. The molecule has 2 heterocycles. The number of aromatic carboxylic acids is 1. The first-order valence-corrected chi connectivity index (χ1v) is 5.89. The molecule has 0 aliphatic rings. The number of fused-ring (bicyclic) bond motifs is 1. The summed E-state index contributed by atoms with van der Waals surface area (Å²) in [5.74, 6) is -1.34. The first kappa shape index (κ1) is 14.2.